The molecule has 3 rings (SSSR count). The fraction of sp³-hybridized carbons (Fsp3) is 0.417. The first-order valence-corrected chi connectivity index (χ1v) is 6.61. The van der Waals surface area contributed by atoms with Gasteiger partial charge in [-0.15, -0.1) is 11.3 Å². The van der Waals surface area contributed by atoms with E-state index >= 15 is 0 Å². The van der Waals surface area contributed by atoms with Gasteiger partial charge in [0, 0.05) is 35.9 Å². The minimum atomic E-state index is 1.06. The number of thiophene rings is 1. The molecule has 1 N–H and O–H groups in total. The number of pyridine rings is 1. The van der Waals surface area contributed by atoms with Gasteiger partial charge in [0.05, 0.1) is 0 Å². The molecule has 0 aromatic carbocycles. The molecule has 1 fully saturated rings. The maximum atomic E-state index is 4.55. The standard InChI is InChI=1S/C12H15N3S/c1-4-13-6-8-15(7-1)12-10-3-9-16-11(10)2-5-14-12/h2-3,5,9,13H,1,4,6-8H2. The van der Waals surface area contributed by atoms with Crippen LogP contribution in [0.2, 0.25) is 0 Å². The zero-order valence-electron chi connectivity index (χ0n) is 9.15. The van der Waals surface area contributed by atoms with Gasteiger partial charge in [-0.25, -0.2) is 4.98 Å². The Kier molecular flexibility index (Phi) is 2.76. The second kappa shape index (κ2) is 4.39. The molecule has 16 heavy (non-hydrogen) atoms. The molecule has 0 amide bonds. The van der Waals surface area contributed by atoms with Gasteiger partial charge in [-0.05, 0) is 30.5 Å². The SMILES string of the molecule is c1cc2sccc2c(N2CCCNCC2)n1. The maximum Gasteiger partial charge on any atom is 0.137 e. The van der Waals surface area contributed by atoms with Crippen LogP contribution in [-0.2, 0) is 0 Å². The van der Waals surface area contributed by atoms with Crippen LogP contribution in [0.3, 0.4) is 0 Å². The van der Waals surface area contributed by atoms with E-state index < -0.39 is 0 Å². The van der Waals surface area contributed by atoms with Crippen molar-refractivity contribution < 1.29 is 0 Å². The van der Waals surface area contributed by atoms with Gasteiger partial charge in [0.25, 0.3) is 0 Å². The highest BCUT2D eigenvalue weighted by atomic mass is 32.1. The summed E-state index contributed by atoms with van der Waals surface area (Å²) in [5, 5.41) is 6.87. The molecule has 0 unspecified atom stereocenters. The Morgan fingerprint density at radius 3 is 3.25 bits per heavy atom. The molecule has 3 heterocycles. The van der Waals surface area contributed by atoms with Crippen molar-refractivity contribution in [1.82, 2.24) is 10.3 Å². The van der Waals surface area contributed by atoms with E-state index in [1.54, 1.807) is 11.3 Å². The highest BCUT2D eigenvalue weighted by Gasteiger charge is 2.13. The molecule has 1 aliphatic heterocycles. The Balaban J connectivity index is 2.00. The second-order valence-corrected chi connectivity index (χ2v) is 5.01. The maximum absolute atomic E-state index is 4.55. The van der Waals surface area contributed by atoms with Crippen LogP contribution in [0.4, 0.5) is 5.82 Å². The monoisotopic (exact) mass is 233 g/mol. The van der Waals surface area contributed by atoms with Crippen LogP contribution in [-0.4, -0.2) is 31.2 Å². The zero-order valence-corrected chi connectivity index (χ0v) is 9.96. The van der Waals surface area contributed by atoms with Crippen molar-refractivity contribution in [3.05, 3.63) is 23.7 Å². The summed E-state index contributed by atoms with van der Waals surface area (Å²) < 4.78 is 1.34. The van der Waals surface area contributed by atoms with Crippen LogP contribution in [0.25, 0.3) is 10.1 Å². The highest BCUT2D eigenvalue weighted by molar-refractivity contribution is 7.17. The van der Waals surface area contributed by atoms with Crippen LogP contribution in [0.15, 0.2) is 23.7 Å². The Morgan fingerprint density at radius 1 is 1.25 bits per heavy atom. The Hall–Kier alpha value is -1.13. The summed E-state index contributed by atoms with van der Waals surface area (Å²) in [6, 6.07) is 4.28. The van der Waals surface area contributed by atoms with E-state index in [9.17, 15) is 0 Å². The summed E-state index contributed by atoms with van der Waals surface area (Å²) in [5.74, 6) is 1.16. The minimum Gasteiger partial charge on any atom is -0.355 e. The quantitative estimate of drug-likeness (QED) is 0.817. The van der Waals surface area contributed by atoms with Gasteiger partial charge in [0.1, 0.15) is 5.82 Å². The largest absolute Gasteiger partial charge is 0.355 e. The molecule has 0 aliphatic carbocycles. The van der Waals surface area contributed by atoms with E-state index in [1.165, 1.54) is 16.5 Å². The molecule has 2 aromatic heterocycles. The Bertz CT molecular complexity index is 472. The molecular formula is C12H15N3S. The van der Waals surface area contributed by atoms with Crippen LogP contribution < -0.4 is 10.2 Å². The first-order valence-electron chi connectivity index (χ1n) is 5.73. The van der Waals surface area contributed by atoms with Crippen LogP contribution in [0.1, 0.15) is 6.42 Å². The third kappa shape index (κ3) is 1.79. The number of anilines is 1. The number of nitrogens with zero attached hydrogens (tertiary/aromatic N) is 2. The van der Waals surface area contributed by atoms with Crippen LogP contribution in [0.5, 0.6) is 0 Å². The molecule has 0 bridgehead atoms. The molecule has 2 aromatic rings. The van der Waals surface area contributed by atoms with Crippen LogP contribution >= 0.6 is 11.3 Å². The van der Waals surface area contributed by atoms with Gasteiger partial charge in [0.15, 0.2) is 0 Å². The second-order valence-electron chi connectivity index (χ2n) is 4.06. The van der Waals surface area contributed by atoms with Crippen LogP contribution in [0, 0.1) is 0 Å². The topological polar surface area (TPSA) is 28.2 Å². The summed E-state index contributed by atoms with van der Waals surface area (Å²) in [4.78, 5) is 6.95. The fourth-order valence-electron chi connectivity index (χ4n) is 2.19. The summed E-state index contributed by atoms with van der Waals surface area (Å²) >= 11 is 1.79. The average Bonchev–Trinajstić information content (AvgIpc) is 2.63. The average molecular weight is 233 g/mol. The summed E-state index contributed by atoms with van der Waals surface area (Å²) in [7, 11) is 0. The number of nitrogens with one attached hydrogen (secondary N) is 1. The lowest BCUT2D eigenvalue weighted by Gasteiger charge is -2.21. The van der Waals surface area contributed by atoms with Gasteiger partial charge in [-0.2, -0.15) is 0 Å². The minimum absolute atomic E-state index is 1.06. The van der Waals surface area contributed by atoms with E-state index in [-0.39, 0.29) is 0 Å². The van der Waals surface area contributed by atoms with Crippen molar-refractivity contribution in [2.24, 2.45) is 0 Å². The van der Waals surface area contributed by atoms with E-state index in [0.29, 0.717) is 0 Å². The number of hydrogen-bond donors (Lipinski definition) is 1. The first kappa shape index (κ1) is 10.1. The lowest BCUT2D eigenvalue weighted by Crippen LogP contribution is -2.28. The molecular weight excluding hydrogens is 218 g/mol. The van der Waals surface area contributed by atoms with Gasteiger partial charge >= 0.3 is 0 Å². The van der Waals surface area contributed by atoms with Gasteiger partial charge in [-0.3, -0.25) is 0 Å². The third-order valence-electron chi connectivity index (χ3n) is 3.00. The van der Waals surface area contributed by atoms with E-state index in [0.717, 1.165) is 32.0 Å². The van der Waals surface area contributed by atoms with Crippen molar-refractivity contribution in [3.8, 4) is 0 Å². The van der Waals surface area contributed by atoms with Gasteiger partial charge in [0.2, 0.25) is 0 Å². The Labute approximate surface area is 99.1 Å². The normalized spacial score (nSPS) is 17.6. The summed E-state index contributed by atoms with van der Waals surface area (Å²) in [6.07, 6.45) is 3.12. The van der Waals surface area contributed by atoms with E-state index in [4.69, 9.17) is 0 Å². The number of hydrogen-bond acceptors (Lipinski definition) is 4. The lowest BCUT2D eigenvalue weighted by atomic mass is 10.3. The zero-order chi connectivity index (χ0) is 10.8. The number of rotatable bonds is 1. The third-order valence-corrected chi connectivity index (χ3v) is 3.88. The van der Waals surface area contributed by atoms with Gasteiger partial charge in [-0.1, -0.05) is 0 Å². The molecule has 3 nitrogen and oxygen atoms in total. The van der Waals surface area contributed by atoms with Gasteiger partial charge < -0.3 is 10.2 Å². The first-order chi connectivity index (χ1) is 7.95. The lowest BCUT2D eigenvalue weighted by molar-refractivity contribution is 0.724. The molecule has 1 saturated heterocycles. The number of fused-ring (bicyclic) bond motifs is 1. The summed E-state index contributed by atoms with van der Waals surface area (Å²) in [5.41, 5.74) is 0. The molecule has 84 valence electrons. The van der Waals surface area contributed by atoms with Crippen molar-refractivity contribution >= 4 is 27.2 Å². The van der Waals surface area contributed by atoms with E-state index in [2.05, 4.69) is 32.7 Å². The molecule has 0 spiro atoms. The predicted octanol–water partition coefficient (Wildman–Crippen LogP) is 2.10. The van der Waals surface area contributed by atoms with Crippen molar-refractivity contribution in [2.75, 3.05) is 31.1 Å². The molecule has 0 saturated carbocycles. The van der Waals surface area contributed by atoms with E-state index in [1.807, 2.05) is 6.20 Å². The molecule has 1 aliphatic rings. The van der Waals surface area contributed by atoms with Crippen molar-refractivity contribution in [3.63, 3.8) is 0 Å². The number of aromatic nitrogens is 1. The fourth-order valence-corrected chi connectivity index (χ4v) is 2.97. The van der Waals surface area contributed by atoms with Crippen molar-refractivity contribution in [1.29, 1.82) is 0 Å². The predicted molar refractivity (Wildman–Crippen MR) is 69.3 cm³/mol. The highest BCUT2D eigenvalue weighted by Crippen LogP contribution is 2.28. The smallest absolute Gasteiger partial charge is 0.137 e. The molecule has 0 atom stereocenters. The molecule has 0 radical (unpaired) electrons. The molecule has 4 heteroatoms. The Morgan fingerprint density at radius 2 is 2.25 bits per heavy atom. The summed E-state index contributed by atoms with van der Waals surface area (Å²) in [6.45, 7) is 4.34. The van der Waals surface area contributed by atoms with Crippen molar-refractivity contribution in [2.45, 2.75) is 6.42 Å².